The first-order valence-electron chi connectivity index (χ1n) is 14.5. The molecule has 12 heteroatoms. The number of imide groups is 1. The zero-order valence-corrected chi connectivity index (χ0v) is 25.7. The van der Waals surface area contributed by atoms with Gasteiger partial charge in [-0.25, -0.2) is 4.90 Å². The Labute approximate surface area is 268 Å². The number of hydrogen-bond donors (Lipinski definition) is 1. The molecule has 6 unspecified atom stereocenters. The van der Waals surface area contributed by atoms with Gasteiger partial charge < -0.3 is 9.72 Å². The largest absolute Gasteiger partial charge is 0.489 e. The summed E-state index contributed by atoms with van der Waals surface area (Å²) in [4.78, 5) is 45.0. The zero-order chi connectivity index (χ0) is 31.2. The maximum Gasteiger partial charge on any atom is 0.418 e. The summed E-state index contributed by atoms with van der Waals surface area (Å²) in [5.41, 5.74) is 0.336. The lowest BCUT2D eigenvalue weighted by Crippen LogP contribution is -2.42. The van der Waals surface area contributed by atoms with E-state index in [9.17, 15) is 27.6 Å². The van der Waals surface area contributed by atoms with Gasteiger partial charge in [-0.2, -0.15) is 13.2 Å². The third-order valence-corrected chi connectivity index (χ3v) is 12.5. The summed E-state index contributed by atoms with van der Waals surface area (Å²) < 4.78 is 48.3. The van der Waals surface area contributed by atoms with E-state index in [0.29, 0.717) is 17.2 Å². The minimum atomic E-state index is -4.72. The Morgan fingerprint density at radius 1 is 0.933 bits per heavy atom. The molecule has 45 heavy (non-hydrogen) atoms. The Balaban J connectivity index is 1.19. The molecule has 3 heterocycles. The quantitative estimate of drug-likeness (QED) is 0.225. The van der Waals surface area contributed by atoms with E-state index in [1.54, 1.807) is 6.07 Å². The van der Waals surface area contributed by atoms with Gasteiger partial charge >= 0.3 is 11.0 Å². The molecule has 4 aromatic rings. The highest BCUT2D eigenvalue weighted by molar-refractivity contribution is 8.00. The van der Waals surface area contributed by atoms with E-state index in [1.807, 2.05) is 42.5 Å². The van der Waals surface area contributed by atoms with Crippen LogP contribution in [0.25, 0.3) is 0 Å². The Morgan fingerprint density at radius 3 is 2.44 bits per heavy atom. The first kappa shape index (κ1) is 28.9. The fraction of sp³-hybridized carbons (Fsp3) is 0.303. The summed E-state index contributed by atoms with van der Waals surface area (Å²) >= 11 is 8.83. The van der Waals surface area contributed by atoms with Gasteiger partial charge in [-0.05, 0) is 60.1 Å². The van der Waals surface area contributed by atoms with E-state index >= 15 is 0 Å². The van der Waals surface area contributed by atoms with Crippen molar-refractivity contribution in [3.8, 4) is 5.75 Å². The molecule has 0 radical (unpaired) electrons. The summed E-state index contributed by atoms with van der Waals surface area (Å²) in [6, 6.07) is 19.8. The van der Waals surface area contributed by atoms with Crippen molar-refractivity contribution in [1.29, 1.82) is 0 Å². The number of hydrogen-bond acceptors (Lipinski definition) is 6. The standard InChI is InChI=1S/C33H24ClF3N2O4S2/c34-16-7-5-6-15(12-16)14-43-22-11-4-1-8-17(22)23-24-18-13-19(27(24)44-29-28(23)45-32(42)38-29)26-25(18)30(40)39(31(26)41)21-10-3-2-9-20(21)33(35,36)37/h1-12,18-19,23-27H,13-14H2,(H,38,42)/t18?,19?,23-,24?,25?,26?,27?/m1/s1. The second-order valence-electron chi connectivity index (χ2n) is 11.9. The number of thiazole rings is 1. The number of thioether (sulfide) groups is 1. The number of para-hydroxylation sites is 2. The number of aromatic nitrogens is 1. The first-order valence-corrected chi connectivity index (χ1v) is 16.6. The van der Waals surface area contributed by atoms with Gasteiger partial charge in [0.2, 0.25) is 11.8 Å². The van der Waals surface area contributed by atoms with E-state index in [4.69, 9.17) is 16.3 Å². The van der Waals surface area contributed by atoms with Crippen LogP contribution in [-0.4, -0.2) is 22.0 Å². The van der Waals surface area contributed by atoms with Gasteiger partial charge in [0.05, 0.1) is 28.1 Å². The minimum Gasteiger partial charge on any atom is -0.489 e. The summed E-state index contributed by atoms with van der Waals surface area (Å²) in [7, 11) is 0. The van der Waals surface area contributed by atoms with Gasteiger partial charge in [0.1, 0.15) is 12.4 Å². The molecule has 0 spiro atoms. The number of amides is 2. The number of H-pyrrole nitrogens is 1. The lowest BCUT2D eigenvalue weighted by atomic mass is 9.68. The summed E-state index contributed by atoms with van der Waals surface area (Å²) in [5, 5.41) is 1.22. The number of benzene rings is 3. The Bertz CT molecular complexity index is 1930. The highest BCUT2D eigenvalue weighted by Gasteiger charge is 2.70. The number of nitrogens with zero attached hydrogens (tertiary/aromatic N) is 1. The van der Waals surface area contributed by atoms with Gasteiger partial charge in [-0.1, -0.05) is 65.4 Å². The minimum absolute atomic E-state index is 0.116. The number of anilines is 1. The highest BCUT2D eigenvalue weighted by atomic mass is 35.5. The third kappa shape index (κ3) is 4.49. The maximum absolute atomic E-state index is 14.0. The number of nitrogens with one attached hydrogen (secondary N) is 1. The average Bonchev–Trinajstić information content (AvgIpc) is 3.74. The number of carbonyl (C=O) groups is 2. The Hall–Kier alpha value is -3.54. The third-order valence-electron chi connectivity index (χ3n) is 9.71. The Morgan fingerprint density at radius 2 is 1.67 bits per heavy atom. The van der Waals surface area contributed by atoms with Crippen LogP contribution in [0, 0.1) is 29.6 Å². The van der Waals surface area contributed by atoms with E-state index in [-0.39, 0.29) is 40.4 Å². The van der Waals surface area contributed by atoms with Gasteiger partial charge in [0, 0.05) is 26.6 Å². The molecule has 6 nitrogen and oxygen atoms in total. The molecule has 3 fully saturated rings. The van der Waals surface area contributed by atoms with Crippen LogP contribution >= 0.6 is 34.7 Å². The molecule has 230 valence electrons. The molecular weight excluding hydrogens is 645 g/mol. The molecular formula is C33H24ClF3N2O4S2. The normalized spacial score (nSPS) is 28.3. The molecule has 4 aliphatic rings. The van der Waals surface area contributed by atoms with Crippen LogP contribution in [0.5, 0.6) is 5.75 Å². The molecule has 1 saturated heterocycles. The smallest absolute Gasteiger partial charge is 0.418 e. The number of rotatable bonds is 5. The predicted octanol–water partition coefficient (Wildman–Crippen LogP) is 7.37. The van der Waals surface area contributed by atoms with Crippen LogP contribution in [0.3, 0.4) is 0 Å². The van der Waals surface area contributed by atoms with Crippen molar-refractivity contribution >= 4 is 52.2 Å². The fourth-order valence-electron chi connectivity index (χ4n) is 8.17. The van der Waals surface area contributed by atoms with Crippen molar-refractivity contribution in [2.75, 3.05) is 4.90 Å². The van der Waals surface area contributed by atoms with E-state index in [0.717, 1.165) is 43.3 Å². The monoisotopic (exact) mass is 668 g/mol. The number of ether oxygens (including phenoxy) is 1. The topological polar surface area (TPSA) is 79.5 Å². The van der Waals surface area contributed by atoms with Crippen LogP contribution in [0.2, 0.25) is 5.02 Å². The first-order chi connectivity index (χ1) is 21.6. The fourth-order valence-corrected chi connectivity index (χ4v) is 11.3. The van der Waals surface area contributed by atoms with Crippen molar-refractivity contribution in [3.05, 3.63) is 109 Å². The van der Waals surface area contributed by atoms with E-state index in [2.05, 4.69) is 4.98 Å². The second-order valence-corrected chi connectivity index (χ2v) is 14.6. The number of carbonyl (C=O) groups excluding carboxylic acids is 2. The SMILES string of the molecule is O=C1C2C3CC(C2C(=O)N1c1ccccc1C(F)(F)F)C1C3Sc2[nH]c(=O)sc2[C@@H]1c1ccccc1OCc1cccc(Cl)c1. The second kappa shape index (κ2) is 10.5. The van der Waals surface area contributed by atoms with Crippen molar-refractivity contribution in [1.82, 2.24) is 4.98 Å². The molecule has 2 aliphatic carbocycles. The highest BCUT2D eigenvalue weighted by Crippen LogP contribution is 2.69. The number of fused-ring (bicyclic) bond motifs is 9. The van der Waals surface area contributed by atoms with E-state index < -0.39 is 41.1 Å². The number of alkyl halides is 3. The maximum atomic E-state index is 14.0. The molecule has 2 aliphatic heterocycles. The van der Waals surface area contributed by atoms with Crippen LogP contribution < -0.4 is 14.5 Å². The lowest BCUT2D eigenvalue weighted by Gasteiger charge is -2.43. The van der Waals surface area contributed by atoms with Crippen molar-refractivity contribution < 1.29 is 27.5 Å². The molecule has 2 amide bonds. The van der Waals surface area contributed by atoms with Gasteiger partial charge in [-0.3, -0.25) is 14.4 Å². The number of halogens is 4. The molecule has 3 aromatic carbocycles. The van der Waals surface area contributed by atoms with Gasteiger partial charge in [0.15, 0.2) is 0 Å². The van der Waals surface area contributed by atoms with Crippen molar-refractivity contribution in [2.24, 2.45) is 29.6 Å². The van der Waals surface area contributed by atoms with Crippen molar-refractivity contribution in [3.63, 3.8) is 0 Å². The summed E-state index contributed by atoms with van der Waals surface area (Å²) in [6.45, 7) is 0.265. The van der Waals surface area contributed by atoms with E-state index in [1.165, 1.54) is 30.0 Å². The summed E-state index contributed by atoms with van der Waals surface area (Å²) in [6.07, 6.45) is -4.11. The molecule has 1 aromatic heterocycles. The van der Waals surface area contributed by atoms with Gasteiger partial charge in [-0.15, -0.1) is 11.8 Å². The summed E-state index contributed by atoms with van der Waals surface area (Å²) in [5.74, 6) is -2.87. The lowest BCUT2D eigenvalue weighted by molar-refractivity contribution is -0.137. The zero-order valence-electron chi connectivity index (χ0n) is 23.3. The molecule has 1 N–H and O–H groups in total. The van der Waals surface area contributed by atoms with Crippen molar-refractivity contribution in [2.45, 2.75) is 35.4 Å². The Kier molecular flexibility index (Phi) is 6.74. The van der Waals surface area contributed by atoms with Crippen LogP contribution in [0.4, 0.5) is 18.9 Å². The average molecular weight is 669 g/mol. The molecule has 7 atom stereocenters. The molecule has 2 saturated carbocycles. The number of aromatic amines is 1. The van der Waals surface area contributed by atoms with Crippen LogP contribution in [0.15, 0.2) is 82.6 Å². The molecule has 8 rings (SSSR count). The van der Waals surface area contributed by atoms with Crippen LogP contribution in [-0.2, 0) is 22.4 Å². The van der Waals surface area contributed by atoms with Gasteiger partial charge in [0.25, 0.3) is 0 Å². The van der Waals surface area contributed by atoms with Crippen LogP contribution in [0.1, 0.15) is 33.9 Å². The predicted molar refractivity (Wildman–Crippen MR) is 165 cm³/mol. The molecule has 2 bridgehead atoms.